The van der Waals surface area contributed by atoms with Crippen molar-refractivity contribution in [3.05, 3.63) is 74.6 Å². The van der Waals surface area contributed by atoms with Gasteiger partial charge in [-0.3, -0.25) is 4.79 Å². The standard InChI is InChI=1S/C20H18N2O2S2/c1-15(24-17-8-6-16(12-21)7-9-17)20(23)22(13-18-4-2-10-25-18)14-19-5-3-11-26-19/h2-11,15H,13-14H2,1H3. The molecule has 0 spiro atoms. The quantitative estimate of drug-likeness (QED) is 0.596. The summed E-state index contributed by atoms with van der Waals surface area (Å²) in [5, 5.41) is 12.9. The third-order valence-corrected chi connectivity index (χ3v) is 5.53. The molecule has 1 aromatic carbocycles. The highest BCUT2D eigenvalue weighted by atomic mass is 32.1. The summed E-state index contributed by atoms with van der Waals surface area (Å²) in [5.74, 6) is 0.521. The molecule has 6 heteroatoms. The molecule has 0 fully saturated rings. The Labute approximate surface area is 160 Å². The average molecular weight is 383 g/mol. The van der Waals surface area contributed by atoms with Crippen molar-refractivity contribution in [2.75, 3.05) is 0 Å². The highest BCUT2D eigenvalue weighted by molar-refractivity contribution is 7.10. The average Bonchev–Trinajstić information content (AvgIpc) is 3.35. The predicted molar refractivity (Wildman–Crippen MR) is 104 cm³/mol. The van der Waals surface area contributed by atoms with E-state index >= 15 is 0 Å². The molecule has 1 unspecified atom stereocenters. The highest BCUT2D eigenvalue weighted by Crippen LogP contribution is 2.20. The molecule has 2 heterocycles. The van der Waals surface area contributed by atoms with Crippen LogP contribution in [0.5, 0.6) is 5.75 Å². The van der Waals surface area contributed by atoms with Crippen molar-refractivity contribution in [1.82, 2.24) is 4.90 Å². The lowest BCUT2D eigenvalue weighted by Crippen LogP contribution is -2.39. The fraction of sp³-hybridized carbons (Fsp3) is 0.200. The van der Waals surface area contributed by atoms with Crippen LogP contribution in [0.2, 0.25) is 0 Å². The summed E-state index contributed by atoms with van der Waals surface area (Å²) in [6, 6.07) is 16.9. The number of nitriles is 1. The molecule has 0 saturated carbocycles. The summed E-state index contributed by atoms with van der Waals surface area (Å²) in [6.45, 7) is 2.89. The molecule has 3 rings (SSSR count). The Kier molecular flexibility index (Phi) is 6.05. The smallest absolute Gasteiger partial charge is 0.264 e. The number of thiophene rings is 2. The Morgan fingerprint density at radius 3 is 2.12 bits per heavy atom. The molecule has 26 heavy (non-hydrogen) atoms. The van der Waals surface area contributed by atoms with Crippen LogP contribution in [-0.2, 0) is 17.9 Å². The number of carbonyl (C=O) groups is 1. The Hall–Kier alpha value is -2.62. The summed E-state index contributed by atoms with van der Waals surface area (Å²) in [4.78, 5) is 17.1. The second-order valence-corrected chi connectivity index (χ2v) is 7.81. The van der Waals surface area contributed by atoms with Crippen LogP contribution in [0, 0.1) is 11.3 Å². The number of ether oxygens (including phenoxy) is 1. The third-order valence-electron chi connectivity index (χ3n) is 3.81. The Balaban J connectivity index is 1.71. The van der Waals surface area contributed by atoms with E-state index in [4.69, 9.17) is 10.00 Å². The van der Waals surface area contributed by atoms with Crippen LogP contribution >= 0.6 is 22.7 Å². The van der Waals surface area contributed by atoms with Gasteiger partial charge in [0.25, 0.3) is 5.91 Å². The number of hydrogen-bond donors (Lipinski definition) is 0. The van der Waals surface area contributed by atoms with E-state index in [0.29, 0.717) is 24.4 Å². The zero-order valence-electron chi connectivity index (χ0n) is 14.3. The lowest BCUT2D eigenvalue weighted by molar-refractivity contribution is -0.139. The van der Waals surface area contributed by atoms with Crippen molar-refractivity contribution < 1.29 is 9.53 Å². The van der Waals surface area contributed by atoms with Gasteiger partial charge in [0.2, 0.25) is 0 Å². The molecule has 0 aliphatic carbocycles. The summed E-state index contributed by atoms with van der Waals surface area (Å²) >= 11 is 3.28. The highest BCUT2D eigenvalue weighted by Gasteiger charge is 2.23. The molecule has 0 saturated heterocycles. The molecule has 4 nitrogen and oxygen atoms in total. The van der Waals surface area contributed by atoms with E-state index in [1.807, 2.05) is 39.9 Å². The van der Waals surface area contributed by atoms with Crippen LogP contribution in [0.15, 0.2) is 59.3 Å². The van der Waals surface area contributed by atoms with Gasteiger partial charge in [-0.05, 0) is 54.1 Å². The molecule has 2 aromatic heterocycles. The number of nitrogens with zero attached hydrogens (tertiary/aromatic N) is 2. The van der Waals surface area contributed by atoms with Crippen LogP contribution in [0.1, 0.15) is 22.2 Å². The molecule has 3 aromatic rings. The molecule has 1 atom stereocenters. The minimum absolute atomic E-state index is 0.0591. The van der Waals surface area contributed by atoms with E-state index in [-0.39, 0.29) is 5.91 Å². The molecular weight excluding hydrogens is 364 g/mol. The minimum Gasteiger partial charge on any atom is -0.481 e. The van der Waals surface area contributed by atoms with Gasteiger partial charge < -0.3 is 9.64 Å². The van der Waals surface area contributed by atoms with Crippen molar-refractivity contribution >= 4 is 28.6 Å². The number of amides is 1. The second-order valence-electron chi connectivity index (χ2n) is 5.75. The molecule has 132 valence electrons. The van der Waals surface area contributed by atoms with Gasteiger partial charge in [-0.2, -0.15) is 5.26 Å². The van der Waals surface area contributed by atoms with Crippen molar-refractivity contribution in [2.24, 2.45) is 0 Å². The summed E-state index contributed by atoms with van der Waals surface area (Å²) in [7, 11) is 0. The van der Waals surface area contributed by atoms with E-state index in [1.165, 1.54) is 0 Å². The number of rotatable bonds is 7. The van der Waals surface area contributed by atoms with Gasteiger partial charge in [0.05, 0.1) is 24.7 Å². The summed E-state index contributed by atoms with van der Waals surface area (Å²) in [6.07, 6.45) is -0.608. The fourth-order valence-corrected chi connectivity index (χ4v) is 3.95. The Morgan fingerprint density at radius 2 is 1.65 bits per heavy atom. The van der Waals surface area contributed by atoms with Crippen molar-refractivity contribution in [2.45, 2.75) is 26.1 Å². The van der Waals surface area contributed by atoms with Gasteiger partial charge in [0, 0.05) is 9.75 Å². The molecule has 0 N–H and O–H groups in total. The van der Waals surface area contributed by atoms with Gasteiger partial charge in [0.1, 0.15) is 5.75 Å². The lowest BCUT2D eigenvalue weighted by atomic mass is 10.2. The van der Waals surface area contributed by atoms with E-state index < -0.39 is 6.10 Å². The van der Waals surface area contributed by atoms with E-state index in [2.05, 4.69) is 6.07 Å². The van der Waals surface area contributed by atoms with E-state index in [1.54, 1.807) is 53.9 Å². The van der Waals surface area contributed by atoms with Crippen LogP contribution in [0.4, 0.5) is 0 Å². The molecular formula is C20H18N2O2S2. The first-order chi connectivity index (χ1) is 12.7. The SMILES string of the molecule is CC(Oc1ccc(C#N)cc1)C(=O)N(Cc1cccs1)Cc1cccs1. The summed E-state index contributed by atoms with van der Waals surface area (Å²) in [5.41, 5.74) is 0.563. The van der Waals surface area contributed by atoms with Gasteiger partial charge in [-0.1, -0.05) is 12.1 Å². The van der Waals surface area contributed by atoms with Gasteiger partial charge in [-0.15, -0.1) is 22.7 Å². The first-order valence-corrected chi connectivity index (χ1v) is 9.92. The maximum atomic E-state index is 13.0. The molecule has 0 bridgehead atoms. The number of hydrogen-bond acceptors (Lipinski definition) is 5. The van der Waals surface area contributed by atoms with Crippen LogP contribution in [0.25, 0.3) is 0 Å². The zero-order chi connectivity index (χ0) is 18.4. The van der Waals surface area contributed by atoms with Crippen molar-refractivity contribution in [3.63, 3.8) is 0 Å². The first-order valence-electron chi connectivity index (χ1n) is 8.16. The third kappa shape index (κ3) is 4.72. The molecule has 1 amide bonds. The number of benzene rings is 1. The van der Waals surface area contributed by atoms with Gasteiger partial charge in [-0.25, -0.2) is 0 Å². The second kappa shape index (κ2) is 8.65. The van der Waals surface area contributed by atoms with Gasteiger partial charge >= 0.3 is 0 Å². The monoisotopic (exact) mass is 382 g/mol. The zero-order valence-corrected chi connectivity index (χ0v) is 15.9. The van der Waals surface area contributed by atoms with E-state index in [0.717, 1.165) is 9.75 Å². The minimum atomic E-state index is -0.608. The molecule has 0 aliphatic rings. The fourth-order valence-electron chi connectivity index (χ4n) is 2.51. The van der Waals surface area contributed by atoms with Gasteiger partial charge in [0.15, 0.2) is 6.10 Å². The predicted octanol–water partition coefficient (Wildman–Crippen LogP) is 4.68. The van der Waals surface area contributed by atoms with Crippen LogP contribution < -0.4 is 4.74 Å². The Morgan fingerprint density at radius 1 is 1.08 bits per heavy atom. The van der Waals surface area contributed by atoms with Crippen molar-refractivity contribution in [3.8, 4) is 11.8 Å². The summed E-state index contributed by atoms with van der Waals surface area (Å²) < 4.78 is 5.80. The Bertz CT molecular complexity index is 829. The normalized spacial score (nSPS) is 11.5. The number of carbonyl (C=O) groups excluding carboxylic acids is 1. The largest absolute Gasteiger partial charge is 0.481 e. The lowest BCUT2D eigenvalue weighted by Gasteiger charge is -2.25. The first kappa shape index (κ1) is 18.2. The van der Waals surface area contributed by atoms with Crippen LogP contribution in [-0.4, -0.2) is 16.9 Å². The van der Waals surface area contributed by atoms with Crippen LogP contribution in [0.3, 0.4) is 0 Å². The molecule has 0 radical (unpaired) electrons. The van der Waals surface area contributed by atoms with Crippen molar-refractivity contribution in [1.29, 1.82) is 5.26 Å². The maximum Gasteiger partial charge on any atom is 0.264 e. The van der Waals surface area contributed by atoms with E-state index in [9.17, 15) is 4.79 Å². The molecule has 0 aliphatic heterocycles. The topological polar surface area (TPSA) is 53.3 Å². The maximum absolute atomic E-state index is 13.0.